The minimum atomic E-state index is -0.250. The minimum absolute atomic E-state index is 0.112. The van der Waals surface area contributed by atoms with Gasteiger partial charge in [0.2, 0.25) is 0 Å². The lowest BCUT2D eigenvalue weighted by molar-refractivity contribution is 0.544. The zero-order chi connectivity index (χ0) is 13.0. The van der Waals surface area contributed by atoms with Crippen LogP contribution in [0, 0.1) is 5.82 Å². The van der Waals surface area contributed by atoms with Gasteiger partial charge in [-0.05, 0) is 35.7 Å². The predicted molar refractivity (Wildman–Crippen MR) is 74.3 cm³/mol. The quantitative estimate of drug-likeness (QED) is 0.671. The normalized spacial score (nSPS) is 12.4. The molecule has 0 amide bonds. The van der Waals surface area contributed by atoms with Gasteiger partial charge in [0.05, 0.1) is 6.04 Å². The Bertz CT molecular complexity index is 531. The highest BCUT2D eigenvalue weighted by molar-refractivity contribution is 9.10. The lowest BCUT2D eigenvalue weighted by atomic mass is 9.99. The Labute approximate surface area is 114 Å². The monoisotopic (exact) mass is 308 g/mol. The number of halogens is 2. The highest BCUT2D eigenvalue weighted by Crippen LogP contribution is 2.23. The molecular weight excluding hydrogens is 295 g/mol. The molecule has 4 heteroatoms. The summed E-state index contributed by atoms with van der Waals surface area (Å²) in [6.07, 6.45) is 0.696. The van der Waals surface area contributed by atoms with E-state index in [9.17, 15) is 4.39 Å². The van der Waals surface area contributed by atoms with Crippen molar-refractivity contribution in [3.8, 4) is 0 Å². The van der Waals surface area contributed by atoms with E-state index >= 15 is 0 Å². The molecule has 0 saturated heterocycles. The fraction of sp³-hybridized carbons (Fsp3) is 0.143. The summed E-state index contributed by atoms with van der Waals surface area (Å²) in [4.78, 5) is 0. The first kappa shape index (κ1) is 13.2. The first-order valence-corrected chi connectivity index (χ1v) is 6.45. The summed E-state index contributed by atoms with van der Waals surface area (Å²) in [6, 6.07) is 14.3. The second kappa shape index (κ2) is 6.09. The van der Waals surface area contributed by atoms with Crippen molar-refractivity contribution in [2.75, 3.05) is 0 Å². The van der Waals surface area contributed by atoms with E-state index in [2.05, 4.69) is 21.4 Å². The summed E-state index contributed by atoms with van der Waals surface area (Å²) < 4.78 is 14.2. The van der Waals surface area contributed by atoms with Gasteiger partial charge in [0.15, 0.2) is 0 Å². The van der Waals surface area contributed by atoms with Crippen molar-refractivity contribution in [1.82, 2.24) is 5.43 Å². The fourth-order valence-electron chi connectivity index (χ4n) is 1.88. The SMILES string of the molecule is NNC(Cc1ccccc1Br)c1cccc(F)c1. The zero-order valence-corrected chi connectivity index (χ0v) is 11.3. The maximum atomic E-state index is 13.2. The van der Waals surface area contributed by atoms with Crippen molar-refractivity contribution in [3.05, 3.63) is 69.9 Å². The molecule has 0 fully saturated rings. The minimum Gasteiger partial charge on any atom is -0.271 e. The van der Waals surface area contributed by atoms with E-state index in [4.69, 9.17) is 5.84 Å². The maximum Gasteiger partial charge on any atom is 0.123 e. The largest absolute Gasteiger partial charge is 0.271 e. The van der Waals surface area contributed by atoms with Crippen LogP contribution in [-0.4, -0.2) is 0 Å². The van der Waals surface area contributed by atoms with E-state index in [0.29, 0.717) is 6.42 Å². The highest BCUT2D eigenvalue weighted by Gasteiger charge is 2.12. The number of hydrogen-bond donors (Lipinski definition) is 2. The lowest BCUT2D eigenvalue weighted by Crippen LogP contribution is -2.29. The van der Waals surface area contributed by atoms with Crippen molar-refractivity contribution in [2.45, 2.75) is 12.5 Å². The van der Waals surface area contributed by atoms with Gasteiger partial charge in [0.25, 0.3) is 0 Å². The third-order valence-corrected chi connectivity index (χ3v) is 3.61. The van der Waals surface area contributed by atoms with Crippen LogP contribution >= 0.6 is 15.9 Å². The van der Waals surface area contributed by atoms with Crippen LogP contribution in [0.1, 0.15) is 17.2 Å². The second-order valence-corrected chi connectivity index (χ2v) is 4.92. The molecule has 2 rings (SSSR count). The van der Waals surface area contributed by atoms with E-state index < -0.39 is 0 Å². The summed E-state index contributed by atoms with van der Waals surface area (Å²) in [5, 5.41) is 0. The molecule has 0 radical (unpaired) electrons. The molecule has 0 aromatic heterocycles. The predicted octanol–water partition coefficient (Wildman–Crippen LogP) is 3.34. The average Bonchev–Trinajstić information content (AvgIpc) is 2.38. The van der Waals surface area contributed by atoms with Crippen LogP contribution in [0.4, 0.5) is 4.39 Å². The Morgan fingerprint density at radius 1 is 1.17 bits per heavy atom. The number of hydrazine groups is 1. The summed E-state index contributed by atoms with van der Waals surface area (Å²) in [5.41, 5.74) is 4.70. The van der Waals surface area contributed by atoms with Crippen LogP contribution in [0.15, 0.2) is 53.0 Å². The van der Waals surface area contributed by atoms with Crippen molar-refractivity contribution in [1.29, 1.82) is 0 Å². The number of rotatable bonds is 4. The van der Waals surface area contributed by atoms with Gasteiger partial charge in [-0.1, -0.05) is 46.3 Å². The molecule has 0 aliphatic rings. The highest BCUT2D eigenvalue weighted by atomic mass is 79.9. The Morgan fingerprint density at radius 2 is 1.94 bits per heavy atom. The van der Waals surface area contributed by atoms with Crippen LogP contribution in [0.5, 0.6) is 0 Å². The molecule has 0 aliphatic heterocycles. The summed E-state index contributed by atoms with van der Waals surface area (Å²) in [7, 11) is 0. The first-order valence-electron chi connectivity index (χ1n) is 5.65. The van der Waals surface area contributed by atoms with Gasteiger partial charge >= 0.3 is 0 Å². The summed E-state index contributed by atoms with van der Waals surface area (Å²) >= 11 is 3.50. The van der Waals surface area contributed by atoms with Crippen molar-refractivity contribution < 1.29 is 4.39 Å². The van der Waals surface area contributed by atoms with Crippen LogP contribution < -0.4 is 11.3 Å². The summed E-state index contributed by atoms with van der Waals surface area (Å²) in [5.74, 6) is 5.31. The van der Waals surface area contributed by atoms with E-state index in [0.717, 1.165) is 15.6 Å². The van der Waals surface area contributed by atoms with Crippen LogP contribution in [0.2, 0.25) is 0 Å². The topological polar surface area (TPSA) is 38.0 Å². The van der Waals surface area contributed by atoms with Crippen molar-refractivity contribution in [2.24, 2.45) is 5.84 Å². The Balaban J connectivity index is 2.23. The molecule has 18 heavy (non-hydrogen) atoms. The van der Waals surface area contributed by atoms with Gasteiger partial charge in [0.1, 0.15) is 5.82 Å². The third-order valence-electron chi connectivity index (χ3n) is 2.83. The van der Waals surface area contributed by atoms with Crippen molar-refractivity contribution in [3.63, 3.8) is 0 Å². The van der Waals surface area contributed by atoms with Gasteiger partial charge in [-0.3, -0.25) is 11.3 Å². The maximum absolute atomic E-state index is 13.2. The smallest absolute Gasteiger partial charge is 0.123 e. The number of hydrogen-bond acceptors (Lipinski definition) is 2. The van der Waals surface area contributed by atoms with E-state index in [1.165, 1.54) is 12.1 Å². The van der Waals surface area contributed by atoms with Gasteiger partial charge in [-0.2, -0.15) is 0 Å². The molecule has 0 spiro atoms. The Kier molecular flexibility index (Phi) is 4.47. The molecule has 1 unspecified atom stereocenters. The fourth-order valence-corrected chi connectivity index (χ4v) is 2.33. The number of nitrogens with one attached hydrogen (secondary N) is 1. The van der Waals surface area contributed by atoms with E-state index in [1.54, 1.807) is 6.07 Å². The molecule has 3 N–H and O–H groups in total. The van der Waals surface area contributed by atoms with Crippen LogP contribution in [0.25, 0.3) is 0 Å². The molecule has 2 aromatic rings. The van der Waals surface area contributed by atoms with Crippen molar-refractivity contribution >= 4 is 15.9 Å². The van der Waals surface area contributed by atoms with Gasteiger partial charge < -0.3 is 0 Å². The molecule has 0 saturated carbocycles. The molecule has 0 heterocycles. The van der Waals surface area contributed by atoms with E-state index in [1.807, 2.05) is 30.3 Å². The molecule has 2 nitrogen and oxygen atoms in total. The molecule has 2 aromatic carbocycles. The molecular formula is C14H14BrFN2. The van der Waals surface area contributed by atoms with Gasteiger partial charge in [-0.25, -0.2) is 4.39 Å². The average molecular weight is 309 g/mol. The van der Waals surface area contributed by atoms with Gasteiger partial charge in [-0.15, -0.1) is 0 Å². The van der Waals surface area contributed by atoms with Gasteiger partial charge in [0, 0.05) is 4.47 Å². The zero-order valence-electron chi connectivity index (χ0n) is 9.74. The Morgan fingerprint density at radius 3 is 2.61 bits per heavy atom. The third kappa shape index (κ3) is 3.16. The number of benzene rings is 2. The van der Waals surface area contributed by atoms with E-state index in [-0.39, 0.29) is 11.9 Å². The molecule has 1 atom stereocenters. The number of nitrogens with two attached hydrogens (primary N) is 1. The lowest BCUT2D eigenvalue weighted by Gasteiger charge is -2.17. The summed E-state index contributed by atoms with van der Waals surface area (Å²) in [6.45, 7) is 0. The standard InChI is InChI=1S/C14H14BrFN2/c15-13-7-2-1-4-10(13)9-14(18-17)11-5-3-6-12(16)8-11/h1-8,14,18H,9,17H2. The molecule has 94 valence electrons. The molecule has 0 aliphatic carbocycles. The Hall–Kier alpha value is -1.23. The first-order chi connectivity index (χ1) is 8.70. The van der Waals surface area contributed by atoms with Crippen LogP contribution in [0.3, 0.4) is 0 Å². The molecule has 0 bridgehead atoms. The second-order valence-electron chi connectivity index (χ2n) is 4.07. The van der Waals surface area contributed by atoms with Crippen LogP contribution in [-0.2, 0) is 6.42 Å².